The molecule has 21 heavy (non-hydrogen) atoms. The minimum atomic E-state index is -0.497. The maximum absolute atomic E-state index is 12.0. The van der Waals surface area contributed by atoms with Crippen LogP contribution in [0.15, 0.2) is 30.3 Å². The predicted molar refractivity (Wildman–Crippen MR) is 78.5 cm³/mol. The van der Waals surface area contributed by atoms with E-state index in [1.807, 2.05) is 44.0 Å². The number of carbonyl (C=O) groups excluding carboxylic acids is 1. The van der Waals surface area contributed by atoms with Crippen molar-refractivity contribution in [3.63, 3.8) is 0 Å². The minimum Gasteiger partial charge on any atom is -0.443 e. The number of amides is 1. The summed E-state index contributed by atoms with van der Waals surface area (Å²) in [5.41, 5.74) is 3.58. The van der Waals surface area contributed by atoms with Crippen LogP contribution in [0.2, 0.25) is 0 Å². The fourth-order valence-electron chi connectivity index (χ4n) is 3.08. The molecule has 2 heterocycles. The number of ether oxygens (including phenoxy) is 2. The van der Waals surface area contributed by atoms with Crippen LogP contribution in [0.25, 0.3) is 0 Å². The molecule has 0 unspecified atom stereocenters. The van der Waals surface area contributed by atoms with Gasteiger partial charge in [0, 0.05) is 5.92 Å². The van der Waals surface area contributed by atoms with Gasteiger partial charge in [0.15, 0.2) is 0 Å². The third-order valence-electron chi connectivity index (χ3n) is 3.92. The molecule has 0 aromatic heterocycles. The fourth-order valence-corrected chi connectivity index (χ4v) is 3.08. The van der Waals surface area contributed by atoms with Crippen molar-refractivity contribution in [2.75, 3.05) is 13.2 Å². The van der Waals surface area contributed by atoms with Gasteiger partial charge in [0.05, 0.1) is 25.3 Å². The molecule has 2 aliphatic rings. The Hall–Kier alpha value is -1.59. The molecule has 2 saturated heterocycles. The predicted octanol–water partition coefficient (Wildman–Crippen LogP) is 2.50. The standard InChI is InChI=1S/C16H22N2O3/c1-16(2,3)21-15(19)17-18-13-10-20-9-12(13)14(18)11-7-5-4-6-8-11/h4-8,12-14H,9-10H2,1-3H3,(H,17,19)/t12-,13+,14-/m0/s1. The number of fused-ring (bicyclic) bond motifs is 1. The Kier molecular flexibility index (Phi) is 3.63. The van der Waals surface area contributed by atoms with Crippen LogP contribution in [0.4, 0.5) is 4.79 Å². The topological polar surface area (TPSA) is 50.8 Å². The van der Waals surface area contributed by atoms with Crippen LogP contribution in [0, 0.1) is 5.92 Å². The Bertz CT molecular complexity index is 512. The van der Waals surface area contributed by atoms with Crippen LogP contribution in [0.3, 0.4) is 0 Å². The lowest BCUT2D eigenvalue weighted by Gasteiger charge is -2.50. The van der Waals surface area contributed by atoms with Crippen LogP contribution >= 0.6 is 0 Å². The fraction of sp³-hybridized carbons (Fsp3) is 0.562. The van der Waals surface area contributed by atoms with Crippen molar-refractivity contribution in [2.24, 2.45) is 5.92 Å². The SMILES string of the molecule is CC(C)(C)OC(=O)NN1[C@@H]2COC[C@@H]2[C@@H]1c1ccccc1. The second kappa shape index (κ2) is 5.31. The normalized spacial score (nSPS) is 28.6. The van der Waals surface area contributed by atoms with E-state index in [1.54, 1.807) is 0 Å². The minimum absolute atomic E-state index is 0.159. The summed E-state index contributed by atoms with van der Waals surface area (Å²) in [7, 11) is 0. The van der Waals surface area contributed by atoms with Gasteiger partial charge >= 0.3 is 6.09 Å². The van der Waals surface area contributed by atoms with Crippen molar-refractivity contribution >= 4 is 6.09 Å². The van der Waals surface area contributed by atoms with Gasteiger partial charge in [-0.25, -0.2) is 9.80 Å². The van der Waals surface area contributed by atoms with Crippen LogP contribution in [-0.2, 0) is 9.47 Å². The smallest absolute Gasteiger partial charge is 0.422 e. The molecule has 114 valence electrons. The molecule has 1 aromatic carbocycles. The average Bonchev–Trinajstić information content (AvgIpc) is 2.79. The third kappa shape index (κ3) is 2.89. The van der Waals surface area contributed by atoms with Gasteiger partial charge in [0.1, 0.15) is 5.60 Å². The molecule has 3 rings (SSSR count). The van der Waals surface area contributed by atoms with E-state index >= 15 is 0 Å². The van der Waals surface area contributed by atoms with E-state index in [-0.39, 0.29) is 12.1 Å². The molecule has 0 saturated carbocycles. The summed E-state index contributed by atoms with van der Waals surface area (Å²) in [6, 6.07) is 10.6. The highest BCUT2D eigenvalue weighted by Crippen LogP contribution is 2.45. The lowest BCUT2D eigenvalue weighted by molar-refractivity contribution is -0.0758. The first-order valence-electron chi connectivity index (χ1n) is 7.36. The lowest BCUT2D eigenvalue weighted by atomic mass is 9.80. The van der Waals surface area contributed by atoms with E-state index in [2.05, 4.69) is 17.6 Å². The zero-order valence-electron chi connectivity index (χ0n) is 12.7. The molecule has 1 amide bonds. The Morgan fingerprint density at radius 2 is 2.00 bits per heavy atom. The largest absolute Gasteiger partial charge is 0.443 e. The quantitative estimate of drug-likeness (QED) is 0.909. The number of carbonyl (C=O) groups is 1. The van der Waals surface area contributed by atoms with Crippen LogP contribution in [0.5, 0.6) is 0 Å². The van der Waals surface area contributed by atoms with E-state index in [1.165, 1.54) is 5.56 Å². The van der Waals surface area contributed by atoms with Crippen LogP contribution < -0.4 is 5.43 Å². The molecular weight excluding hydrogens is 268 g/mol. The van der Waals surface area contributed by atoms with Gasteiger partial charge in [-0.15, -0.1) is 0 Å². The molecule has 5 nitrogen and oxygen atoms in total. The number of hydrogen-bond acceptors (Lipinski definition) is 4. The zero-order chi connectivity index (χ0) is 15.0. The maximum Gasteiger partial charge on any atom is 0.422 e. The van der Waals surface area contributed by atoms with Crippen molar-refractivity contribution < 1.29 is 14.3 Å². The van der Waals surface area contributed by atoms with Gasteiger partial charge in [0.25, 0.3) is 0 Å². The van der Waals surface area contributed by atoms with E-state index in [4.69, 9.17) is 9.47 Å². The number of hydrogen-bond donors (Lipinski definition) is 1. The van der Waals surface area contributed by atoms with Crippen molar-refractivity contribution in [3.8, 4) is 0 Å². The first-order chi connectivity index (χ1) is 9.96. The van der Waals surface area contributed by atoms with Crippen LogP contribution in [-0.4, -0.2) is 36.0 Å². The lowest BCUT2D eigenvalue weighted by Crippen LogP contribution is -2.64. The Morgan fingerprint density at radius 3 is 2.67 bits per heavy atom. The maximum atomic E-state index is 12.0. The van der Waals surface area contributed by atoms with Crippen molar-refractivity contribution in [1.82, 2.24) is 10.4 Å². The van der Waals surface area contributed by atoms with Gasteiger partial charge in [-0.1, -0.05) is 30.3 Å². The highest BCUT2D eigenvalue weighted by molar-refractivity contribution is 5.67. The molecule has 5 heteroatoms. The molecular formula is C16H22N2O3. The molecule has 0 spiro atoms. The van der Waals surface area contributed by atoms with E-state index in [9.17, 15) is 4.79 Å². The van der Waals surface area contributed by atoms with Gasteiger partial charge < -0.3 is 9.47 Å². The summed E-state index contributed by atoms with van der Waals surface area (Å²) < 4.78 is 10.9. The zero-order valence-corrected chi connectivity index (χ0v) is 12.7. The Labute approximate surface area is 125 Å². The molecule has 1 aromatic rings. The number of nitrogens with one attached hydrogen (secondary N) is 1. The monoisotopic (exact) mass is 290 g/mol. The molecule has 3 atom stereocenters. The van der Waals surface area contributed by atoms with Crippen molar-refractivity contribution in [3.05, 3.63) is 35.9 Å². The van der Waals surface area contributed by atoms with Crippen molar-refractivity contribution in [1.29, 1.82) is 0 Å². The Balaban J connectivity index is 1.72. The molecule has 0 radical (unpaired) electrons. The second-order valence-corrected chi connectivity index (χ2v) is 6.65. The average molecular weight is 290 g/mol. The molecule has 1 N–H and O–H groups in total. The summed E-state index contributed by atoms with van der Waals surface area (Å²) in [5.74, 6) is 0.433. The van der Waals surface area contributed by atoms with Gasteiger partial charge in [0.2, 0.25) is 0 Å². The summed E-state index contributed by atoms with van der Waals surface area (Å²) in [6.07, 6.45) is -0.409. The number of nitrogens with zero attached hydrogens (tertiary/aromatic N) is 1. The molecule has 0 aliphatic carbocycles. The van der Waals surface area contributed by atoms with Gasteiger partial charge in [-0.2, -0.15) is 0 Å². The first kappa shape index (κ1) is 14.4. The summed E-state index contributed by atoms with van der Waals surface area (Å²) in [6.45, 7) is 6.98. The highest BCUT2D eigenvalue weighted by Gasteiger charge is 2.53. The summed E-state index contributed by atoms with van der Waals surface area (Å²) >= 11 is 0. The second-order valence-electron chi connectivity index (χ2n) is 6.65. The van der Waals surface area contributed by atoms with E-state index in [0.717, 1.165) is 6.61 Å². The van der Waals surface area contributed by atoms with Gasteiger partial charge in [-0.05, 0) is 26.3 Å². The number of rotatable bonds is 2. The Morgan fingerprint density at radius 1 is 1.29 bits per heavy atom. The van der Waals surface area contributed by atoms with Crippen molar-refractivity contribution in [2.45, 2.75) is 38.5 Å². The molecule has 0 bridgehead atoms. The third-order valence-corrected chi connectivity index (χ3v) is 3.92. The van der Waals surface area contributed by atoms with Crippen LogP contribution in [0.1, 0.15) is 32.4 Å². The number of benzene rings is 1. The first-order valence-corrected chi connectivity index (χ1v) is 7.36. The summed E-state index contributed by atoms with van der Waals surface area (Å²) in [5, 5.41) is 1.97. The van der Waals surface area contributed by atoms with Gasteiger partial charge in [-0.3, -0.25) is 5.43 Å². The van der Waals surface area contributed by atoms with E-state index in [0.29, 0.717) is 12.5 Å². The number of hydrazine groups is 1. The highest BCUT2D eigenvalue weighted by atomic mass is 16.6. The summed E-state index contributed by atoms with van der Waals surface area (Å²) in [4.78, 5) is 12.0. The molecule has 2 aliphatic heterocycles. The molecule has 2 fully saturated rings. The van der Waals surface area contributed by atoms with E-state index < -0.39 is 11.7 Å².